The monoisotopic (exact) mass is 367 g/mol. The number of nitrogens with one attached hydrogen (secondary N) is 2. The molecule has 1 heterocycles. The number of nitro groups is 1. The van der Waals surface area contributed by atoms with E-state index in [2.05, 4.69) is 10.6 Å². The number of benzene rings is 1. The van der Waals surface area contributed by atoms with Crippen molar-refractivity contribution in [3.63, 3.8) is 0 Å². The molecule has 0 aliphatic heterocycles. The van der Waals surface area contributed by atoms with Gasteiger partial charge in [0.05, 0.1) is 11.0 Å². The van der Waals surface area contributed by atoms with Crippen LogP contribution in [0.4, 0.5) is 15.8 Å². The molecule has 0 spiro atoms. The lowest BCUT2D eigenvalue weighted by molar-refractivity contribution is -0.387. The number of thiophene rings is 1. The largest absolute Gasteiger partial charge is 0.388 e. The molecule has 3 N–H and O–H groups in total. The highest BCUT2D eigenvalue weighted by atomic mass is 32.1. The summed E-state index contributed by atoms with van der Waals surface area (Å²) in [6.45, 7) is 0.0644. The molecule has 0 aliphatic rings. The van der Waals surface area contributed by atoms with Gasteiger partial charge in [0.25, 0.3) is 0 Å². The Balaban J connectivity index is 1.85. The number of amides is 2. The van der Waals surface area contributed by atoms with Crippen molar-refractivity contribution in [1.29, 1.82) is 0 Å². The first-order chi connectivity index (χ1) is 11.9. The van der Waals surface area contributed by atoms with E-state index < -0.39 is 34.3 Å². The Labute approximate surface area is 145 Å². The van der Waals surface area contributed by atoms with E-state index in [0.717, 1.165) is 23.1 Å². The van der Waals surface area contributed by atoms with Crippen LogP contribution in [0.1, 0.15) is 17.4 Å². The summed E-state index contributed by atoms with van der Waals surface area (Å²) in [6.07, 6.45) is -0.523. The number of aliphatic hydroxyl groups is 1. The number of nitrogens with zero attached hydrogens (tertiary/aromatic N) is 1. The first-order valence-electron chi connectivity index (χ1n) is 7.13. The van der Waals surface area contributed by atoms with Gasteiger partial charge >= 0.3 is 17.5 Å². The standard InChI is InChI=1S/C15H14FN3O5S/c16-10-4-3-9(8-11(10)19(23)24)18-15(22)14(21)17-6-5-12(20)13-2-1-7-25-13/h1-4,7-8,12,20H,5-6H2,(H,17,21)(H,18,22). The third-order valence-corrected chi connectivity index (χ3v) is 4.16. The van der Waals surface area contributed by atoms with Crippen molar-refractivity contribution in [2.75, 3.05) is 11.9 Å². The Morgan fingerprint density at radius 3 is 2.72 bits per heavy atom. The van der Waals surface area contributed by atoms with Gasteiger partial charge in [-0.1, -0.05) is 6.07 Å². The fraction of sp³-hybridized carbons (Fsp3) is 0.200. The van der Waals surface area contributed by atoms with Crippen molar-refractivity contribution in [2.45, 2.75) is 12.5 Å². The number of hydrogen-bond donors (Lipinski definition) is 3. The predicted molar refractivity (Wildman–Crippen MR) is 88.6 cm³/mol. The van der Waals surface area contributed by atoms with Gasteiger partial charge in [-0.2, -0.15) is 4.39 Å². The quantitative estimate of drug-likeness (QED) is 0.409. The first-order valence-corrected chi connectivity index (χ1v) is 8.01. The van der Waals surface area contributed by atoms with Gasteiger partial charge in [-0.25, -0.2) is 0 Å². The predicted octanol–water partition coefficient (Wildman–Crippen LogP) is 1.97. The summed E-state index contributed by atoms with van der Waals surface area (Å²) in [7, 11) is 0. The molecule has 10 heteroatoms. The molecule has 0 radical (unpaired) electrons. The number of carbonyl (C=O) groups excluding carboxylic acids is 2. The van der Waals surface area contributed by atoms with Crippen LogP contribution < -0.4 is 10.6 Å². The number of carbonyl (C=O) groups is 2. The number of nitro benzene ring substituents is 1. The average molecular weight is 367 g/mol. The maximum absolute atomic E-state index is 13.2. The smallest absolute Gasteiger partial charge is 0.313 e. The van der Waals surface area contributed by atoms with Crippen molar-refractivity contribution < 1.29 is 24.0 Å². The van der Waals surface area contributed by atoms with E-state index in [-0.39, 0.29) is 18.7 Å². The fourth-order valence-corrected chi connectivity index (χ4v) is 2.69. The second-order valence-corrected chi connectivity index (χ2v) is 5.93. The minimum atomic E-state index is -1.05. The van der Waals surface area contributed by atoms with Gasteiger partial charge in [-0.05, 0) is 30.0 Å². The highest BCUT2D eigenvalue weighted by Gasteiger charge is 2.18. The molecule has 25 heavy (non-hydrogen) atoms. The highest BCUT2D eigenvalue weighted by Crippen LogP contribution is 2.22. The molecule has 0 saturated heterocycles. The zero-order valence-corrected chi connectivity index (χ0v) is 13.6. The molecule has 132 valence electrons. The SMILES string of the molecule is O=C(NCCC(O)c1cccs1)C(=O)Nc1ccc(F)c([N+](=O)[O-])c1. The summed E-state index contributed by atoms with van der Waals surface area (Å²) in [5.41, 5.74) is -0.885. The zero-order chi connectivity index (χ0) is 18.4. The van der Waals surface area contributed by atoms with E-state index >= 15 is 0 Å². The summed E-state index contributed by atoms with van der Waals surface area (Å²) in [6, 6.07) is 6.29. The van der Waals surface area contributed by atoms with Crippen molar-refractivity contribution in [3.05, 3.63) is 56.5 Å². The van der Waals surface area contributed by atoms with Crippen molar-refractivity contribution >= 4 is 34.5 Å². The molecule has 2 aromatic rings. The summed E-state index contributed by atoms with van der Waals surface area (Å²) in [4.78, 5) is 33.9. The number of anilines is 1. The second-order valence-electron chi connectivity index (χ2n) is 4.95. The van der Waals surface area contributed by atoms with Crippen LogP contribution in [-0.2, 0) is 9.59 Å². The molecule has 8 nitrogen and oxygen atoms in total. The van der Waals surface area contributed by atoms with E-state index in [4.69, 9.17) is 0 Å². The van der Waals surface area contributed by atoms with Crippen molar-refractivity contribution in [3.8, 4) is 0 Å². The van der Waals surface area contributed by atoms with Crippen LogP contribution in [-0.4, -0.2) is 28.4 Å². The third-order valence-electron chi connectivity index (χ3n) is 3.18. The molecule has 1 aromatic carbocycles. The topological polar surface area (TPSA) is 122 Å². The number of halogens is 1. The summed E-state index contributed by atoms with van der Waals surface area (Å²) in [5, 5.41) is 26.8. The van der Waals surface area contributed by atoms with Gasteiger partial charge in [-0.3, -0.25) is 19.7 Å². The number of hydrogen-bond acceptors (Lipinski definition) is 6. The van der Waals surface area contributed by atoms with Gasteiger partial charge in [0.15, 0.2) is 0 Å². The third kappa shape index (κ3) is 5.06. The molecule has 1 unspecified atom stereocenters. The lowest BCUT2D eigenvalue weighted by Gasteiger charge is -2.10. The van der Waals surface area contributed by atoms with Crippen LogP contribution in [0.2, 0.25) is 0 Å². The molecular formula is C15H14FN3O5S. The van der Waals surface area contributed by atoms with Gasteiger partial charge in [0.1, 0.15) is 0 Å². The van der Waals surface area contributed by atoms with Crippen LogP contribution in [0.3, 0.4) is 0 Å². The molecule has 1 aromatic heterocycles. The van der Waals surface area contributed by atoms with E-state index in [1.54, 1.807) is 12.1 Å². The number of rotatable bonds is 6. The van der Waals surface area contributed by atoms with E-state index in [0.29, 0.717) is 0 Å². The van der Waals surface area contributed by atoms with Crippen LogP contribution in [0, 0.1) is 15.9 Å². The molecule has 2 rings (SSSR count). The highest BCUT2D eigenvalue weighted by molar-refractivity contribution is 7.10. The maximum atomic E-state index is 13.2. The first kappa shape index (κ1) is 18.5. The van der Waals surface area contributed by atoms with Crippen molar-refractivity contribution in [1.82, 2.24) is 5.32 Å². The minimum Gasteiger partial charge on any atom is -0.388 e. The van der Waals surface area contributed by atoms with Crippen LogP contribution >= 0.6 is 11.3 Å². The molecule has 0 bridgehead atoms. The molecule has 0 saturated carbocycles. The zero-order valence-electron chi connectivity index (χ0n) is 12.8. The molecule has 0 aliphatic carbocycles. The lowest BCUT2D eigenvalue weighted by Crippen LogP contribution is -2.36. The van der Waals surface area contributed by atoms with Gasteiger partial charge in [0.2, 0.25) is 5.82 Å². The average Bonchev–Trinajstić information content (AvgIpc) is 3.10. The van der Waals surface area contributed by atoms with E-state index in [9.17, 15) is 29.2 Å². The van der Waals surface area contributed by atoms with Crippen molar-refractivity contribution in [2.24, 2.45) is 0 Å². The lowest BCUT2D eigenvalue weighted by atomic mass is 10.2. The summed E-state index contributed by atoms with van der Waals surface area (Å²) in [5.74, 6) is -3.06. The molecule has 1 atom stereocenters. The van der Waals surface area contributed by atoms with Crippen LogP contribution in [0.25, 0.3) is 0 Å². The molecule has 2 amide bonds. The normalized spacial score (nSPS) is 11.6. The number of aliphatic hydroxyl groups excluding tert-OH is 1. The Morgan fingerprint density at radius 1 is 1.32 bits per heavy atom. The van der Waals surface area contributed by atoms with Gasteiger partial charge in [-0.15, -0.1) is 11.3 Å². The fourth-order valence-electron chi connectivity index (χ4n) is 1.94. The van der Waals surface area contributed by atoms with Gasteiger partial charge in [0, 0.05) is 23.2 Å². The summed E-state index contributed by atoms with van der Waals surface area (Å²) < 4.78 is 13.2. The summed E-state index contributed by atoms with van der Waals surface area (Å²) >= 11 is 1.38. The maximum Gasteiger partial charge on any atom is 0.313 e. The van der Waals surface area contributed by atoms with E-state index in [1.165, 1.54) is 11.3 Å². The minimum absolute atomic E-state index is 0.0644. The molecule has 0 fully saturated rings. The Kier molecular flexibility index (Phi) is 6.14. The Bertz CT molecular complexity index is 781. The van der Waals surface area contributed by atoms with Crippen LogP contribution in [0.5, 0.6) is 0 Å². The van der Waals surface area contributed by atoms with Gasteiger partial charge < -0.3 is 15.7 Å². The second kappa shape index (κ2) is 8.31. The Hall–Kier alpha value is -2.85. The van der Waals surface area contributed by atoms with E-state index in [1.807, 2.05) is 5.38 Å². The van der Waals surface area contributed by atoms with Crippen LogP contribution in [0.15, 0.2) is 35.7 Å². The molecular weight excluding hydrogens is 353 g/mol. The Morgan fingerprint density at radius 2 is 2.08 bits per heavy atom.